The number of phenolic OH excluding ortho intramolecular Hbond substituents is 1. The number of benzene rings is 2. The van der Waals surface area contributed by atoms with Gasteiger partial charge < -0.3 is 5.11 Å². The normalized spacial score (nSPS) is 10.4. The van der Waals surface area contributed by atoms with E-state index in [2.05, 4.69) is 6.07 Å². The van der Waals surface area contributed by atoms with E-state index in [1.165, 1.54) is 0 Å². The Bertz CT molecular complexity index is 608. The van der Waals surface area contributed by atoms with Crippen LogP contribution in [0.25, 0.3) is 10.8 Å². The van der Waals surface area contributed by atoms with E-state index in [4.69, 9.17) is 0 Å². The Kier molecular flexibility index (Phi) is 3.01. The number of nitriles is 1. The zero-order valence-electron chi connectivity index (χ0n) is 10.1. The molecule has 0 aliphatic carbocycles. The highest BCUT2D eigenvalue weighted by Crippen LogP contribution is 2.35. The lowest BCUT2D eigenvalue weighted by atomic mass is 9.91. The topological polar surface area (TPSA) is 44.0 Å². The van der Waals surface area contributed by atoms with Crippen LogP contribution in [0.2, 0.25) is 0 Å². The third-order valence-electron chi connectivity index (χ3n) is 3.22. The van der Waals surface area contributed by atoms with Gasteiger partial charge >= 0.3 is 0 Å². The largest absolute Gasteiger partial charge is 0.507 e. The first kappa shape index (κ1) is 11.5. The maximum absolute atomic E-state index is 10.3. The van der Waals surface area contributed by atoms with Gasteiger partial charge in [-0.15, -0.1) is 0 Å². The van der Waals surface area contributed by atoms with Gasteiger partial charge in [0.2, 0.25) is 0 Å². The van der Waals surface area contributed by atoms with Crippen LogP contribution in [0.3, 0.4) is 0 Å². The molecule has 17 heavy (non-hydrogen) atoms. The molecular weight excluding hydrogens is 210 g/mol. The van der Waals surface area contributed by atoms with Crippen molar-refractivity contribution in [3.8, 4) is 11.8 Å². The molecule has 2 nitrogen and oxygen atoms in total. The number of nitrogens with zero attached hydrogens (tertiary/aromatic N) is 1. The van der Waals surface area contributed by atoms with Gasteiger partial charge in [-0.2, -0.15) is 5.26 Å². The first-order chi connectivity index (χ1) is 8.24. The van der Waals surface area contributed by atoms with Gasteiger partial charge in [0.15, 0.2) is 0 Å². The molecule has 2 rings (SSSR count). The molecule has 0 aromatic heterocycles. The lowest BCUT2D eigenvalue weighted by Gasteiger charge is -2.14. The van der Waals surface area contributed by atoms with E-state index in [1.807, 2.05) is 38.1 Å². The van der Waals surface area contributed by atoms with Gasteiger partial charge in [-0.1, -0.05) is 38.1 Å². The smallest absolute Gasteiger partial charge is 0.126 e. The molecule has 0 amide bonds. The Morgan fingerprint density at radius 3 is 2.18 bits per heavy atom. The average Bonchev–Trinajstić information content (AvgIpc) is 2.38. The monoisotopic (exact) mass is 225 g/mol. The van der Waals surface area contributed by atoms with Crippen LogP contribution < -0.4 is 0 Å². The lowest BCUT2D eigenvalue weighted by Crippen LogP contribution is -1.98. The summed E-state index contributed by atoms with van der Waals surface area (Å²) in [6.45, 7) is 4.02. The highest BCUT2D eigenvalue weighted by molar-refractivity contribution is 5.95. The maximum Gasteiger partial charge on any atom is 0.126 e. The van der Waals surface area contributed by atoms with Gasteiger partial charge in [-0.3, -0.25) is 0 Å². The highest BCUT2D eigenvalue weighted by atomic mass is 16.3. The molecule has 0 radical (unpaired) electrons. The average molecular weight is 225 g/mol. The summed E-state index contributed by atoms with van der Waals surface area (Å²) in [5.74, 6) is 0.332. The summed E-state index contributed by atoms with van der Waals surface area (Å²) in [5.41, 5.74) is 2.59. The summed E-state index contributed by atoms with van der Waals surface area (Å²) >= 11 is 0. The van der Waals surface area contributed by atoms with Crippen LogP contribution in [0.1, 0.15) is 30.5 Å². The molecule has 0 atom stereocenters. The van der Waals surface area contributed by atoms with Crippen molar-refractivity contribution >= 4 is 10.8 Å². The highest BCUT2D eigenvalue weighted by Gasteiger charge is 2.16. The van der Waals surface area contributed by atoms with Gasteiger partial charge in [-0.25, -0.2) is 0 Å². The zero-order chi connectivity index (χ0) is 12.4. The lowest BCUT2D eigenvalue weighted by molar-refractivity contribution is 0.474. The van der Waals surface area contributed by atoms with E-state index in [1.54, 1.807) is 0 Å². The minimum atomic E-state index is 0.332. The Balaban J connectivity index is 3.00. The van der Waals surface area contributed by atoms with Crippen LogP contribution in [0, 0.1) is 11.3 Å². The summed E-state index contributed by atoms with van der Waals surface area (Å²) in [7, 11) is 0. The molecule has 2 aromatic carbocycles. The van der Waals surface area contributed by atoms with Crippen molar-refractivity contribution in [1.82, 2.24) is 0 Å². The van der Waals surface area contributed by atoms with E-state index in [0.717, 1.165) is 34.7 Å². The van der Waals surface area contributed by atoms with Crippen molar-refractivity contribution < 1.29 is 5.11 Å². The molecule has 0 fully saturated rings. The van der Waals surface area contributed by atoms with E-state index in [-0.39, 0.29) is 0 Å². The first-order valence-electron chi connectivity index (χ1n) is 5.90. The van der Waals surface area contributed by atoms with Gasteiger partial charge in [-0.05, 0) is 24.0 Å². The molecule has 0 aliphatic heterocycles. The van der Waals surface area contributed by atoms with Crippen LogP contribution in [0.4, 0.5) is 0 Å². The number of fused-ring (bicyclic) bond motifs is 1. The number of aromatic hydroxyl groups is 1. The molecule has 2 heteroatoms. The zero-order valence-corrected chi connectivity index (χ0v) is 10.1. The van der Waals surface area contributed by atoms with E-state index < -0.39 is 0 Å². The fourth-order valence-corrected chi connectivity index (χ4v) is 2.43. The van der Waals surface area contributed by atoms with Gasteiger partial charge in [0.25, 0.3) is 0 Å². The van der Waals surface area contributed by atoms with Crippen LogP contribution in [-0.4, -0.2) is 5.11 Å². The molecule has 1 N–H and O–H groups in total. The first-order valence-corrected chi connectivity index (χ1v) is 5.90. The molecule has 2 aromatic rings. The van der Waals surface area contributed by atoms with Gasteiger partial charge in [0.1, 0.15) is 11.8 Å². The summed E-state index contributed by atoms with van der Waals surface area (Å²) in [5, 5.41) is 21.2. The van der Waals surface area contributed by atoms with Crippen molar-refractivity contribution in [2.45, 2.75) is 26.7 Å². The quantitative estimate of drug-likeness (QED) is 0.849. The molecule has 0 heterocycles. The Morgan fingerprint density at radius 1 is 1.06 bits per heavy atom. The third-order valence-corrected chi connectivity index (χ3v) is 3.22. The van der Waals surface area contributed by atoms with Gasteiger partial charge in [0.05, 0.1) is 5.56 Å². The Morgan fingerprint density at radius 2 is 1.65 bits per heavy atom. The van der Waals surface area contributed by atoms with E-state index in [0.29, 0.717) is 11.3 Å². The SMILES string of the molecule is CCc1c(CC)c(C#N)c2ccccc2c1O. The molecule has 86 valence electrons. The molecule has 0 unspecified atom stereocenters. The summed E-state index contributed by atoms with van der Waals surface area (Å²) in [4.78, 5) is 0. The second kappa shape index (κ2) is 4.47. The summed E-state index contributed by atoms with van der Waals surface area (Å²) in [6, 6.07) is 9.82. The van der Waals surface area contributed by atoms with Gasteiger partial charge in [0, 0.05) is 10.8 Å². The van der Waals surface area contributed by atoms with Crippen molar-refractivity contribution in [3.63, 3.8) is 0 Å². The number of hydrogen-bond acceptors (Lipinski definition) is 2. The number of phenols is 1. The fraction of sp³-hybridized carbons (Fsp3) is 0.267. The standard InChI is InChI=1S/C15H15NO/c1-3-10-11(4-2)15(17)13-8-6-5-7-12(13)14(10)9-16/h5-8,17H,3-4H2,1-2H3. The third kappa shape index (κ3) is 1.64. The van der Waals surface area contributed by atoms with Crippen LogP contribution in [-0.2, 0) is 12.8 Å². The van der Waals surface area contributed by atoms with E-state index in [9.17, 15) is 10.4 Å². The predicted octanol–water partition coefficient (Wildman–Crippen LogP) is 3.54. The maximum atomic E-state index is 10.3. The summed E-state index contributed by atoms with van der Waals surface area (Å²) < 4.78 is 0. The molecule has 0 aliphatic rings. The van der Waals surface area contributed by atoms with E-state index >= 15 is 0 Å². The number of rotatable bonds is 2. The van der Waals surface area contributed by atoms with Crippen LogP contribution >= 0.6 is 0 Å². The van der Waals surface area contributed by atoms with Crippen LogP contribution in [0.15, 0.2) is 24.3 Å². The minimum Gasteiger partial charge on any atom is -0.507 e. The second-order valence-corrected chi connectivity index (χ2v) is 4.05. The molecular formula is C15H15NO. The van der Waals surface area contributed by atoms with Crippen molar-refractivity contribution in [2.24, 2.45) is 0 Å². The number of hydrogen-bond donors (Lipinski definition) is 1. The fourth-order valence-electron chi connectivity index (χ4n) is 2.43. The van der Waals surface area contributed by atoms with Crippen LogP contribution in [0.5, 0.6) is 5.75 Å². The van der Waals surface area contributed by atoms with Crippen molar-refractivity contribution in [1.29, 1.82) is 5.26 Å². The molecule has 0 saturated heterocycles. The van der Waals surface area contributed by atoms with Crippen molar-refractivity contribution in [2.75, 3.05) is 0 Å². The Labute approximate surface area is 101 Å². The predicted molar refractivity (Wildman–Crippen MR) is 69.1 cm³/mol. The molecule has 0 saturated carbocycles. The molecule has 0 bridgehead atoms. The Hall–Kier alpha value is -2.01. The minimum absolute atomic E-state index is 0.332. The second-order valence-electron chi connectivity index (χ2n) is 4.05. The van der Waals surface area contributed by atoms with Crippen molar-refractivity contribution in [3.05, 3.63) is 41.0 Å². The summed E-state index contributed by atoms with van der Waals surface area (Å²) in [6.07, 6.45) is 1.51. The molecule has 0 spiro atoms.